The molecule has 5 nitrogen and oxygen atoms in total. The molecule has 0 aliphatic carbocycles. The van der Waals surface area contributed by atoms with Crippen LogP contribution in [0.4, 0.5) is 0 Å². The molecule has 34 heavy (non-hydrogen) atoms. The maximum Gasteiger partial charge on any atom is 0.304 e. The number of aliphatic carboxylic acids is 1. The Hall–Kier alpha value is -2.48. The standard InChI is InChI=1S/C26H27ClN2O3S2/c1-29(2)24(30)12-14-33-26(34-15-13-25(31)32)20-5-3-4-18(16-20)6-10-22-11-8-19-7-9-21(27)17-23(19)28-22/h3-11,16-17,26H,12-15H2,1-2H3,(H,31,32)/t26-/m0/s1. The fraction of sp³-hybridized carbons (Fsp3) is 0.269. The minimum absolute atomic E-state index is 0.0450. The molecule has 3 aromatic rings. The van der Waals surface area contributed by atoms with Gasteiger partial charge in [0.1, 0.15) is 0 Å². The van der Waals surface area contributed by atoms with E-state index in [4.69, 9.17) is 16.7 Å². The highest BCUT2D eigenvalue weighted by molar-refractivity contribution is 8.16. The number of aromatic nitrogens is 1. The van der Waals surface area contributed by atoms with Crippen LogP contribution in [0.15, 0.2) is 54.6 Å². The van der Waals surface area contributed by atoms with Crippen molar-refractivity contribution in [1.29, 1.82) is 0 Å². The maximum atomic E-state index is 11.9. The summed E-state index contributed by atoms with van der Waals surface area (Å²) in [6.07, 6.45) is 4.54. The highest BCUT2D eigenvalue weighted by atomic mass is 35.5. The summed E-state index contributed by atoms with van der Waals surface area (Å²) in [6, 6.07) is 17.8. The molecule has 0 saturated heterocycles. The number of carbonyl (C=O) groups excluding carboxylic acids is 1. The number of carboxylic acid groups (broad SMARTS) is 1. The van der Waals surface area contributed by atoms with Gasteiger partial charge in [-0.25, -0.2) is 4.98 Å². The molecule has 1 heterocycles. The lowest BCUT2D eigenvalue weighted by molar-refractivity contribution is -0.136. The van der Waals surface area contributed by atoms with Gasteiger partial charge >= 0.3 is 5.97 Å². The second kappa shape index (κ2) is 12.8. The molecule has 0 radical (unpaired) electrons. The van der Waals surface area contributed by atoms with Crippen molar-refractivity contribution in [2.24, 2.45) is 0 Å². The van der Waals surface area contributed by atoms with E-state index in [1.165, 1.54) is 0 Å². The zero-order valence-corrected chi connectivity index (χ0v) is 21.5. The lowest BCUT2D eigenvalue weighted by Crippen LogP contribution is -2.21. The summed E-state index contributed by atoms with van der Waals surface area (Å²) in [7, 11) is 3.50. The number of nitrogens with zero attached hydrogens (tertiary/aromatic N) is 2. The van der Waals surface area contributed by atoms with Crippen LogP contribution in [0.5, 0.6) is 0 Å². The van der Waals surface area contributed by atoms with Gasteiger partial charge in [-0.05, 0) is 41.5 Å². The van der Waals surface area contributed by atoms with E-state index in [1.54, 1.807) is 42.5 Å². The van der Waals surface area contributed by atoms with Crippen LogP contribution >= 0.6 is 35.1 Å². The Bertz CT molecular complexity index is 1180. The Labute approximate surface area is 213 Å². The number of thioether (sulfide) groups is 2. The third-order valence-corrected chi connectivity index (χ3v) is 8.06. The Morgan fingerprint density at radius 2 is 1.76 bits per heavy atom. The summed E-state index contributed by atoms with van der Waals surface area (Å²) in [4.78, 5) is 29.2. The van der Waals surface area contributed by atoms with E-state index in [-0.39, 0.29) is 16.9 Å². The van der Waals surface area contributed by atoms with Crippen molar-refractivity contribution >= 4 is 70.1 Å². The number of hydrogen-bond acceptors (Lipinski definition) is 5. The molecule has 8 heteroatoms. The van der Waals surface area contributed by atoms with Crippen molar-refractivity contribution in [1.82, 2.24) is 9.88 Å². The molecule has 2 aromatic carbocycles. The molecule has 1 N–H and O–H groups in total. The minimum Gasteiger partial charge on any atom is -0.481 e. The summed E-state index contributed by atoms with van der Waals surface area (Å²) >= 11 is 9.37. The van der Waals surface area contributed by atoms with E-state index >= 15 is 0 Å². The molecule has 3 rings (SSSR count). The average molecular weight is 515 g/mol. The SMILES string of the molecule is CN(C)C(=O)CCS[C@@H](SCCC(=O)O)c1cccc(C=Cc2ccc3ccc(Cl)cc3n2)c1. The fourth-order valence-electron chi connectivity index (χ4n) is 3.16. The number of amides is 1. The van der Waals surface area contributed by atoms with Crippen molar-refractivity contribution < 1.29 is 14.7 Å². The third kappa shape index (κ3) is 8.08. The average Bonchev–Trinajstić information content (AvgIpc) is 2.81. The van der Waals surface area contributed by atoms with Crippen molar-refractivity contribution in [3.63, 3.8) is 0 Å². The molecule has 0 spiro atoms. The number of carbonyl (C=O) groups is 2. The topological polar surface area (TPSA) is 70.5 Å². The molecule has 0 saturated carbocycles. The normalized spacial score (nSPS) is 12.2. The molecule has 178 valence electrons. The summed E-state index contributed by atoms with van der Waals surface area (Å²) in [5, 5.41) is 10.7. The highest BCUT2D eigenvalue weighted by Gasteiger charge is 2.15. The molecular formula is C26H27ClN2O3S2. The fourth-order valence-corrected chi connectivity index (χ4v) is 5.98. The number of pyridine rings is 1. The molecule has 0 aliphatic rings. The zero-order valence-electron chi connectivity index (χ0n) is 19.1. The molecule has 0 aliphatic heterocycles. The van der Waals surface area contributed by atoms with Crippen molar-refractivity contribution in [3.8, 4) is 0 Å². The first-order valence-electron chi connectivity index (χ1n) is 10.8. The van der Waals surface area contributed by atoms with Crippen LogP contribution in [-0.4, -0.2) is 52.5 Å². The number of carboxylic acids is 1. The van der Waals surface area contributed by atoms with Crippen LogP contribution < -0.4 is 0 Å². The third-order valence-electron chi connectivity index (χ3n) is 4.97. The molecule has 1 amide bonds. The van der Waals surface area contributed by atoms with E-state index in [1.807, 2.05) is 60.7 Å². The van der Waals surface area contributed by atoms with Crippen LogP contribution in [0, 0.1) is 0 Å². The summed E-state index contributed by atoms with van der Waals surface area (Å²) < 4.78 is 0.0450. The van der Waals surface area contributed by atoms with Crippen LogP contribution in [0.2, 0.25) is 5.02 Å². The minimum atomic E-state index is -0.806. The van der Waals surface area contributed by atoms with Crippen molar-refractivity contribution in [2.75, 3.05) is 25.6 Å². The molecule has 1 atom stereocenters. The number of fused-ring (bicyclic) bond motifs is 1. The lowest BCUT2D eigenvalue weighted by Gasteiger charge is -2.18. The van der Waals surface area contributed by atoms with E-state index in [9.17, 15) is 9.59 Å². The number of rotatable bonds is 11. The van der Waals surface area contributed by atoms with Crippen molar-refractivity contribution in [2.45, 2.75) is 17.4 Å². The highest BCUT2D eigenvalue weighted by Crippen LogP contribution is 2.40. The van der Waals surface area contributed by atoms with Gasteiger partial charge in [-0.2, -0.15) is 0 Å². The van der Waals surface area contributed by atoms with Gasteiger partial charge in [0.05, 0.1) is 22.2 Å². The Kier molecular flexibility index (Phi) is 9.86. The van der Waals surface area contributed by atoms with Crippen LogP contribution in [0.1, 0.15) is 34.2 Å². The van der Waals surface area contributed by atoms with E-state index in [0.29, 0.717) is 22.9 Å². The van der Waals surface area contributed by atoms with Gasteiger partial charge in [-0.3, -0.25) is 9.59 Å². The van der Waals surface area contributed by atoms with Gasteiger partial charge in [0.15, 0.2) is 0 Å². The first-order valence-corrected chi connectivity index (χ1v) is 13.3. The van der Waals surface area contributed by atoms with Gasteiger partial charge in [-0.1, -0.05) is 48.0 Å². The number of benzene rings is 2. The second-order valence-corrected chi connectivity index (χ2v) is 11.0. The summed E-state index contributed by atoms with van der Waals surface area (Å²) in [5.41, 5.74) is 3.81. The quantitative estimate of drug-likeness (QED) is 0.295. The van der Waals surface area contributed by atoms with Gasteiger partial charge in [0, 0.05) is 42.4 Å². The van der Waals surface area contributed by atoms with E-state index in [2.05, 4.69) is 11.1 Å². The van der Waals surface area contributed by atoms with Crippen LogP contribution in [0.25, 0.3) is 23.1 Å². The summed E-state index contributed by atoms with van der Waals surface area (Å²) in [5.74, 6) is 0.464. The molecule has 0 unspecified atom stereocenters. The van der Waals surface area contributed by atoms with Gasteiger partial charge < -0.3 is 10.0 Å². The molecule has 0 fully saturated rings. The van der Waals surface area contributed by atoms with E-state index in [0.717, 1.165) is 27.7 Å². The van der Waals surface area contributed by atoms with Crippen LogP contribution in [0.3, 0.4) is 0 Å². The molecule has 1 aromatic heterocycles. The van der Waals surface area contributed by atoms with Gasteiger partial charge in [0.2, 0.25) is 5.91 Å². The predicted octanol–water partition coefficient (Wildman–Crippen LogP) is 6.48. The number of hydrogen-bond donors (Lipinski definition) is 1. The van der Waals surface area contributed by atoms with Crippen molar-refractivity contribution in [3.05, 3.63) is 76.4 Å². The van der Waals surface area contributed by atoms with Gasteiger partial charge in [0.25, 0.3) is 0 Å². The molecule has 0 bridgehead atoms. The first kappa shape index (κ1) is 26.1. The smallest absolute Gasteiger partial charge is 0.304 e. The Morgan fingerprint density at radius 3 is 2.50 bits per heavy atom. The second-order valence-electron chi connectivity index (χ2n) is 7.83. The lowest BCUT2D eigenvalue weighted by atomic mass is 10.1. The monoisotopic (exact) mass is 514 g/mol. The van der Waals surface area contributed by atoms with Crippen LogP contribution in [-0.2, 0) is 9.59 Å². The van der Waals surface area contributed by atoms with Gasteiger partial charge in [-0.15, -0.1) is 23.5 Å². The largest absolute Gasteiger partial charge is 0.481 e. The maximum absolute atomic E-state index is 11.9. The predicted molar refractivity (Wildman–Crippen MR) is 145 cm³/mol. The van der Waals surface area contributed by atoms with E-state index < -0.39 is 5.97 Å². The number of halogens is 1. The summed E-state index contributed by atoms with van der Waals surface area (Å²) in [6.45, 7) is 0. The Balaban J connectivity index is 1.74. The zero-order chi connectivity index (χ0) is 24.5. The first-order chi connectivity index (χ1) is 16.3. The Morgan fingerprint density at radius 1 is 1.03 bits per heavy atom. The molecular weight excluding hydrogens is 488 g/mol.